The highest BCUT2D eigenvalue weighted by Crippen LogP contribution is 2.11. The molecule has 0 saturated heterocycles. The van der Waals surface area contributed by atoms with Crippen LogP contribution in [0.2, 0.25) is 0 Å². The molecule has 38 heavy (non-hydrogen) atoms. The molecular weight excluding hydrogens is 488 g/mol. The summed E-state index contributed by atoms with van der Waals surface area (Å²) in [7, 11) is 0. The molecule has 0 bridgehead atoms. The van der Waals surface area contributed by atoms with Gasteiger partial charge in [0.1, 0.15) is 23.7 Å². The minimum Gasteiger partial charge on any atom is -0.464 e. The third-order valence-electron chi connectivity index (χ3n) is 5.46. The summed E-state index contributed by atoms with van der Waals surface area (Å²) in [5.41, 5.74) is 5.69. The first-order chi connectivity index (χ1) is 17.9. The lowest BCUT2D eigenvalue weighted by Crippen LogP contribution is -2.57. The van der Waals surface area contributed by atoms with Crippen molar-refractivity contribution in [3.63, 3.8) is 0 Å². The third-order valence-corrected chi connectivity index (χ3v) is 5.46. The second kappa shape index (κ2) is 16.7. The van der Waals surface area contributed by atoms with Crippen LogP contribution in [0.25, 0.3) is 0 Å². The number of alkyl carbamates (subject to hydrolysis) is 1. The molecule has 0 heterocycles. The van der Waals surface area contributed by atoms with Gasteiger partial charge in [-0.15, -0.1) is 0 Å². The molecule has 214 valence electrons. The zero-order chi connectivity index (χ0) is 28.7. The van der Waals surface area contributed by atoms with E-state index in [0.717, 1.165) is 5.56 Å². The molecule has 0 aliphatic rings. The lowest BCUT2D eigenvalue weighted by Gasteiger charge is -2.26. The van der Waals surface area contributed by atoms with Gasteiger partial charge < -0.3 is 31.2 Å². The second-order valence-corrected chi connectivity index (χ2v) is 10.7. The number of amides is 3. The molecule has 1 aromatic carbocycles. The first-order valence-corrected chi connectivity index (χ1v) is 13.4. The van der Waals surface area contributed by atoms with Crippen molar-refractivity contribution in [3.8, 4) is 0 Å². The maximum absolute atomic E-state index is 13.4. The van der Waals surface area contributed by atoms with E-state index in [2.05, 4.69) is 16.0 Å². The Bertz CT molecular complexity index is 885. The summed E-state index contributed by atoms with van der Waals surface area (Å²) in [5, 5.41) is 8.17. The zero-order valence-corrected chi connectivity index (χ0v) is 23.7. The first-order valence-electron chi connectivity index (χ1n) is 13.4. The molecule has 0 aromatic heterocycles. The van der Waals surface area contributed by atoms with Crippen molar-refractivity contribution in [3.05, 3.63) is 35.9 Å². The summed E-state index contributed by atoms with van der Waals surface area (Å²) in [6.07, 6.45) is 1.44. The number of hydrogen-bond donors (Lipinski definition) is 4. The number of rotatable bonds is 15. The van der Waals surface area contributed by atoms with Gasteiger partial charge in [-0.05, 0) is 71.4 Å². The normalized spacial score (nSPS) is 13.7. The van der Waals surface area contributed by atoms with Crippen molar-refractivity contribution in [1.29, 1.82) is 0 Å². The van der Waals surface area contributed by atoms with Crippen LogP contribution in [0, 0.1) is 5.92 Å². The van der Waals surface area contributed by atoms with Crippen LogP contribution >= 0.6 is 0 Å². The maximum Gasteiger partial charge on any atom is 0.408 e. The largest absolute Gasteiger partial charge is 0.464 e. The van der Waals surface area contributed by atoms with Crippen LogP contribution in [-0.2, 0) is 30.3 Å². The topological polar surface area (TPSA) is 149 Å². The molecule has 0 radical (unpaired) electrons. The number of carbonyl (C=O) groups is 4. The number of unbranched alkanes of at least 4 members (excludes halogenated alkanes) is 1. The Labute approximate surface area is 226 Å². The average Bonchev–Trinajstić information content (AvgIpc) is 2.82. The van der Waals surface area contributed by atoms with E-state index >= 15 is 0 Å². The number of esters is 1. The molecular formula is C28H46N4O6. The zero-order valence-electron chi connectivity index (χ0n) is 23.7. The molecule has 5 N–H and O–H groups in total. The van der Waals surface area contributed by atoms with E-state index in [9.17, 15) is 19.2 Å². The van der Waals surface area contributed by atoms with Gasteiger partial charge in [0.2, 0.25) is 11.8 Å². The average molecular weight is 535 g/mol. The summed E-state index contributed by atoms with van der Waals surface area (Å²) in [6, 6.07) is 6.46. The predicted octanol–water partition coefficient (Wildman–Crippen LogP) is 2.83. The molecule has 3 amide bonds. The molecule has 1 rings (SSSR count). The summed E-state index contributed by atoms with van der Waals surface area (Å²) >= 11 is 0. The van der Waals surface area contributed by atoms with E-state index in [0.29, 0.717) is 32.2 Å². The highest BCUT2D eigenvalue weighted by Gasteiger charge is 2.31. The van der Waals surface area contributed by atoms with Crippen molar-refractivity contribution < 1.29 is 28.7 Å². The second-order valence-electron chi connectivity index (χ2n) is 10.7. The predicted molar refractivity (Wildman–Crippen MR) is 146 cm³/mol. The molecule has 1 aromatic rings. The number of ether oxygens (including phenoxy) is 2. The van der Waals surface area contributed by atoms with Crippen LogP contribution < -0.4 is 21.7 Å². The molecule has 0 aliphatic carbocycles. The number of carbonyl (C=O) groups excluding carboxylic acids is 4. The van der Waals surface area contributed by atoms with Crippen LogP contribution in [0.15, 0.2) is 30.3 Å². The van der Waals surface area contributed by atoms with E-state index in [4.69, 9.17) is 15.2 Å². The van der Waals surface area contributed by atoms with Gasteiger partial charge in [-0.1, -0.05) is 44.2 Å². The highest BCUT2D eigenvalue weighted by atomic mass is 16.6. The molecule has 0 unspecified atom stereocenters. The van der Waals surface area contributed by atoms with E-state index in [1.54, 1.807) is 27.7 Å². The van der Waals surface area contributed by atoms with Gasteiger partial charge in [0.15, 0.2) is 0 Å². The molecule has 0 saturated carbocycles. The molecule has 0 spiro atoms. The Kier molecular flexibility index (Phi) is 14.4. The smallest absolute Gasteiger partial charge is 0.408 e. The molecule has 10 heteroatoms. The third kappa shape index (κ3) is 13.4. The molecule has 10 nitrogen and oxygen atoms in total. The van der Waals surface area contributed by atoms with Crippen molar-refractivity contribution in [1.82, 2.24) is 16.0 Å². The maximum atomic E-state index is 13.4. The fourth-order valence-corrected chi connectivity index (χ4v) is 3.74. The number of benzene rings is 1. The van der Waals surface area contributed by atoms with Gasteiger partial charge in [0.25, 0.3) is 0 Å². The van der Waals surface area contributed by atoms with Gasteiger partial charge in [-0.2, -0.15) is 0 Å². The number of nitrogens with one attached hydrogen (secondary N) is 3. The summed E-state index contributed by atoms with van der Waals surface area (Å²) in [5.74, 6) is -1.44. The lowest BCUT2D eigenvalue weighted by molar-refractivity contribution is -0.148. The highest BCUT2D eigenvalue weighted by molar-refractivity contribution is 5.93. The van der Waals surface area contributed by atoms with Crippen LogP contribution in [-0.4, -0.2) is 60.8 Å². The SMILES string of the molecule is CCOC(=O)[C@H](CC(C)C)NC(=O)[C@H](Cc1ccccc1)NC(=O)[C@H](CCCCN)NC(=O)OC(C)(C)C. The van der Waals surface area contributed by atoms with E-state index in [1.807, 2.05) is 44.2 Å². The van der Waals surface area contributed by atoms with Crippen molar-refractivity contribution >= 4 is 23.9 Å². The Morgan fingerprint density at radius 1 is 0.895 bits per heavy atom. The van der Waals surface area contributed by atoms with Gasteiger partial charge in [0, 0.05) is 6.42 Å². The fraction of sp³-hybridized carbons (Fsp3) is 0.643. The van der Waals surface area contributed by atoms with E-state index in [1.165, 1.54) is 0 Å². The first kappa shape index (κ1) is 32.9. The standard InChI is InChI=1S/C28H46N4O6/c1-7-37-26(35)23(17-19(2)3)31-25(34)22(18-20-13-9-8-10-14-20)30-24(33)21(15-11-12-16-29)32-27(36)38-28(4,5)6/h8-10,13-14,19,21-23H,7,11-12,15-18,29H2,1-6H3,(H,30,33)(H,31,34)(H,32,36)/t21-,22-,23-/m0/s1. The summed E-state index contributed by atoms with van der Waals surface area (Å²) in [6.45, 7) is 11.4. The Balaban J connectivity index is 3.15. The summed E-state index contributed by atoms with van der Waals surface area (Å²) < 4.78 is 10.5. The van der Waals surface area contributed by atoms with Gasteiger partial charge in [-0.25, -0.2) is 9.59 Å². The minimum absolute atomic E-state index is 0.122. The van der Waals surface area contributed by atoms with Crippen molar-refractivity contribution in [2.24, 2.45) is 11.7 Å². The molecule has 0 aliphatic heterocycles. The Morgan fingerprint density at radius 2 is 1.50 bits per heavy atom. The monoisotopic (exact) mass is 534 g/mol. The van der Waals surface area contributed by atoms with Gasteiger partial charge in [-0.3, -0.25) is 9.59 Å². The summed E-state index contributed by atoms with van der Waals surface area (Å²) in [4.78, 5) is 51.7. The number of nitrogens with two attached hydrogens (primary N) is 1. The Morgan fingerprint density at radius 3 is 2.05 bits per heavy atom. The minimum atomic E-state index is -0.994. The Hall–Kier alpha value is -3.14. The number of hydrogen-bond acceptors (Lipinski definition) is 7. The van der Waals surface area contributed by atoms with Gasteiger partial charge in [0.05, 0.1) is 6.61 Å². The molecule has 0 fully saturated rings. The van der Waals surface area contributed by atoms with E-state index < -0.39 is 47.6 Å². The van der Waals surface area contributed by atoms with Crippen LogP contribution in [0.4, 0.5) is 4.79 Å². The quantitative estimate of drug-likeness (QED) is 0.200. The lowest BCUT2D eigenvalue weighted by atomic mass is 10.0. The van der Waals surface area contributed by atoms with Crippen LogP contribution in [0.5, 0.6) is 0 Å². The van der Waals surface area contributed by atoms with E-state index in [-0.39, 0.29) is 18.9 Å². The van der Waals surface area contributed by atoms with Crippen LogP contribution in [0.3, 0.4) is 0 Å². The van der Waals surface area contributed by atoms with Gasteiger partial charge >= 0.3 is 12.1 Å². The molecule has 3 atom stereocenters. The van der Waals surface area contributed by atoms with Crippen molar-refractivity contribution in [2.45, 2.75) is 97.4 Å². The fourth-order valence-electron chi connectivity index (χ4n) is 3.74. The van der Waals surface area contributed by atoms with Crippen LogP contribution in [0.1, 0.15) is 72.8 Å². The van der Waals surface area contributed by atoms with Crippen molar-refractivity contribution in [2.75, 3.05) is 13.2 Å².